The molecule has 1 N–H and O–H groups in total. The summed E-state index contributed by atoms with van der Waals surface area (Å²) in [5.74, 6) is 0. The Hall–Kier alpha value is -1.70. The van der Waals surface area contributed by atoms with Crippen LogP contribution in [0.1, 0.15) is 12.5 Å². The molecule has 0 amide bonds. The number of benzene rings is 1. The number of aromatic nitrogens is 1. The van der Waals surface area contributed by atoms with E-state index < -0.39 is 9.84 Å². The lowest BCUT2D eigenvalue weighted by Crippen LogP contribution is -2.01. The molecule has 0 fully saturated rings. The van der Waals surface area contributed by atoms with Gasteiger partial charge in [0.05, 0.1) is 11.1 Å². The van der Waals surface area contributed by atoms with E-state index in [-0.39, 0.29) is 4.21 Å². The van der Waals surface area contributed by atoms with Gasteiger partial charge in [0.2, 0.25) is 9.84 Å². The minimum absolute atomic E-state index is 0.256. The van der Waals surface area contributed by atoms with E-state index in [9.17, 15) is 8.42 Å². The van der Waals surface area contributed by atoms with E-state index >= 15 is 0 Å². The number of nitrogens with zero attached hydrogens (tertiary/aromatic N) is 1. The van der Waals surface area contributed by atoms with Crippen LogP contribution >= 0.6 is 22.7 Å². The number of anilines is 1. The van der Waals surface area contributed by atoms with Gasteiger partial charge in [0.15, 0.2) is 5.13 Å². The topological polar surface area (TPSA) is 59.1 Å². The molecule has 0 spiro atoms. The summed E-state index contributed by atoms with van der Waals surface area (Å²) >= 11 is 2.74. The van der Waals surface area contributed by atoms with Gasteiger partial charge in [-0.15, -0.1) is 0 Å². The van der Waals surface area contributed by atoms with Crippen LogP contribution in [-0.4, -0.2) is 20.4 Å². The summed E-state index contributed by atoms with van der Waals surface area (Å²) in [5.41, 5.74) is 2.98. The van der Waals surface area contributed by atoms with Crippen molar-refractivity contribution in [3.05, 3.63) is 46.8 Å². The highest BCUT2D eigenvalue weighted by atomic mass is 32.2. The number of thiophene rings is 1. The van der Waals surface area contributed by atoms with Crippen molar-refractivity contribution in [3.63, 3.8) is 0 Å². The second-order valence-corrected chi connectivity index (χ2v) is 8.96. The minimum Gasteiger partial charge on any atom is -0.365 e. The Balaban J connectivity index is 2.13. The molecule has 0 atom stereocenters. The minimum atomic E-state index is -3.55. The molecule has 2 aromatic heterocycles. The van der Waals surface area contributed by atoms with Crippen molar-refractivity contribution >= 4 is 37.6 Å². The molecule has 7 heteroatoms. The molecular weight excluding hydrogens is 348 g/mol. The number of hydrogen-bond donors (Lipinski definition) is 1. The summed E-state index contributed by atoms with van der Waals surface area (Å²) in [7, 11) is -1.83. The standard InChI is InChI=1S/C16H16N2O2S3/c1-3-11-6-13(12-4-5-21-10-12)8-14(7-11)23(19,20)15-9-18-16(17-2)22-15/h4-10H,3H2,1-2H3,(H,17,18). The number of nitrogens with one attached hydrogen (secondary N) is 1. The first kappa shape index (κ1) is 16.2. The van der Waals surface area contributed by atoms with Gasteiger partial charge in [-0.3, -0.25) is 0 Å². The summed E-state index contributed by atoms with van der Waals surface area (Å²) < 4.78 is 26.1. The highest BCUT2D eigenvalue weighted by molar-refractivity contribution is 7.93. The monoisotopic (exact) mass is 364 g/mol. The van der Waals surface area contributed by atoms with Gasteiger partial charge in [-0.05, 0) is 52.1 Å². The third-order valence-corrected chi connectivity index (χ3v) is 7.39. The highest BCUT2D eigenvalue weighted by Crippen LogP contribution is 2.32. The summed E-state index contributed by atoms with van der Waals surface area (Å²) in [5, 5.41) is 7.48. The molecule has 1 aromatic carbocycles. The molecule has 3 aromatic rings. The van der Waals surface area contributed by atoms with Crippen LogP contribution in [0.3, 0.4) is 0 Å². The predicted molar refractivity (Wildman–Crippen MR) is 96.2 cm³/mol. The number of sulfone groups is 1. The summed E-state index contributed by atoms with van der Waals surface area (Å²) in [6.07, 6.45) is 2.19. The molecule has 0 aliphatic rings. The van der Waals surface area contributed by atoms with Gasteiger partial charge < -0.3 is 5.32 Å². The smallest absolute Gasteiger partial charge is 0.217 e. The van der Waals surface area contributed by atoms with Crippen LogP contribution in [0.2, 0.25) is 0 Å². The molecule has 0 unspecified atom stereocenters. The number of hydrogen-bond acceptors (Lipinski definition) is 6. The average molecular weight is 365 g/mol. The first-order chi connectivity index (χ1) is 11.0. The molecular formula is C16H16N2O2S3. The largest absolute Gasteiger partial charge is 0.365 e. The SMILES string of the molecule is CCc1cc(-c2ccsc2)cc(S(=O)(=O)c2cnc(NC)s2)c1. The van der Waals surface area contributed by atoms with Crippen molar-refractivity contribution in [3.8, 4) is 11.1 Å². The third-order valence-electron chi connectivity index (χ3n) is 3.50. The van der Waals surface area contributed by atoms with Crippen LogP contribution in [0.5, 0.6) is 0 Å². The van der Waals surface area contributed by atoms with E-state index in [0.29, 0.717) is 10.0 Å². The fourth-order valence-electron chi connectivity index (χ4n) is 2.23. The molecule has 0 aliphatic heterocycles. The maximum atomic E-state index is 12.9. The second kappa shape index (κ2) is 6.43. The van der Waals surface area contributed by atoms with E-state index in [1.165, 1.54) is 6.20 Å². The van der Waals surface area contributed by atoms with Crippen molar-refractivity contribution in [1.29, 1.82) is 0 Å². The Morgan fingerprint density at radius 3 is 2.65 bits per heavy atom. The normalized spacial score (nSPS) is 11.6. The number of aryl methyl sites for hydroxylation is 1. The molecule has 2 heterocycles. The van der Waals surface area contributed by atoms with E-state index in [0.717, 1.165) is 34.4 Å². The Bertz CT molecular complexity index is 913. The first-order valence-corrected chi connectivity index (χ1v) is 10.3. The second-order valence-electron chi connectivity index (χ2n) is 4.97. The van der Waals surface area contributed by atoms with Gasteiger partial charge in [0.1, 0.15) is 4.21 Å². The zero-order valence-corrected chi connectivity index (χ0v) is 15.2. The average Bonchev–Trinajstić information content (AvgIpc) is 3.25. The molecule has 0 bridgehead atoms. The van der Waals surface area contributed by atoms with Gasteiger partial charge in [-0.25, -0.2) is 13.4 Å². The lowest BCUT2D eigenvalue weighted by molar-refractivity contribution is 0.598. The Labute approximate surface area is 143 Å². The molecule has 4 nitrogen and oxygen atoms in total. The van der Waals surface area contributed by atoms with E-state index in [4.69, 9.17) is 0 Å². The lowest BCUT2D eigenvalue weighted by atomic mass is 10.0. The summed E-state index contributed by atoms with van der Waals surface area (Å²) in [4.78, 5) is 4.39. The van der Waals surface area contributed by atoms with Crippen LogP contribution in [0.15, 0.2) is 50.3 Å². The van der Waals surface area contributed by atoms with Crippen LogP contribution < -0.4 is 5.32 Å². The molecule has 0 saturated heterocycles. The molecule has 120 valence electrons. The highest BCUT2D eigenvalue weighted by Gasteiger charge is 2.22. The van der Waals surface area contributed by atoms with Crippen LogP contribution in [0.4, 0.5) is 5.13 Å². The van der Waals surface area contributed by atoms with Gasteiger partial charge in [0, 0.05) is 7.05 Å². The van der Waals surface area contributed by atoms with E-state index in [1.54, 1.807) is 30.5 Å². The van der Waals surface area contributed by atoms with Gasteiger partial charge >= 0.3 is 0 Å². The van der Waals surface area contributed by atoms with Gasteiger partial charge in [-0.1, -0.05) is 24.3 Å². The van der Waals surface area contributed by atoms with Crippen molar-refractivity contribution < 1.29 is 8.42 Å². The molecule has 0 saturated carbocycles. The maximum Gasteiger partial charge on any atom is 0.217 e. The van der Waals surface area contributed by atoms with Crippen molar-refractivity contribution in [2.24, 2.45) is 0 Å². The predicted octanol–water partition coefficient (Wildman–Crippen LogP) is 4.31. The third kappa shape index (κ3) is 3.17. The van der Waals surface area contributed by atoms with E-state index in [2.05, 4.69) is 10.3 Å². The van der Waals surface area contributed by atoms with Crippen molar-refractivity contribution in [1.82, 2.24) is 4.98 Å². The van der Waals surface area contributed by atoms with Gasteiger partial charge in [0.25, 0.3) is 0 Å². The van der Waals surface area contributed by atoms with Crippen LogP contribution in [-0.2, 0) is 16.3 Å². The van der Waals surface area contributed by atoms with Crippen molar-refractivity contribution in [2.45, 2.75) is 22.4 Å². The molecule has 0 radical (unpaired) electrons. The zero-order valence-electron chi connectivity index (χ0n) is 12.7. The van der Waals surface area contributed by atoms with E-state index in [1.807, 2.05) is 29.8 Å². The summed E-state index contributed by atoms with van der Waals surface area (Å²) in [6, 6.07) is 7.55. The zero-order chi connectivity index (χ0) is 16.4. The molecule has 23 heavy (non-hydrogen) atoms. The summed E-state index contributed by atoms with van der Waals surface area (Å²) in [6.45, 7) is 2.02. The van der Waals surface area contributed by atoms with Gasteiger partial charge in [-0.2, -0.15) is 11.3 Å². The Morgan fingerprint density at radius 2 is 2.04 bits per heavy atom. The fraction of sp³-hybridized carbons (Fsp3) is 0.188. The lowest BCUT2D eigenvalue weighted by Gasteiger charge is -2.08. The molecule has 3 rings (SSSR count). The Kier molecular flexibility index (Phi) is 4.52. The fourth-order valence-corrected chi connectivity index (χ4v) is 5.38. The Morgan fingerprint density at radius 1 is 1.22 bits per heavy atom. The maximum absolute atomic E-state index is 12.9. The van der Waals surface area contributed by atoms with Crippen LogP contribution in [0.25, 0.3) is 11.1 Å². The van der Waals surface area contributed by atoms with Crippen molar-refractivity contribution in [2.75, 3.05) is 12.4 Å². The van der Waals surface area contributed by atoms with Crippen LogP contribution in [0, 0.1) is 0 Å². The number of thiazole rings is 1. The molecule has 0 aliphatic carbocycles. The quantitative estimate of drug-likeness (QED) is 0.733. The first-order valence-electron chi connectivity index (χ1n) is 7.10. The number of rotatable bonds is 5.